The normalized spacial score (nSPS) is 10.3. The number of carbonyl (C=O) groups is 1. The number of thioether (sulfide) groups is 1. The average Bonchev–Trinajstić information content (AvgIpc) is 2.43. The van der Waals surface area contributed by atoms with Gasteiger partial charge in [-0.3, -0.25) is 4.79 Å². The molecule has 0 bridgehead atoms. The summed E-state index contributed by atoms with van der Waals surface area (Å²) in [4.78, 5) is 20.2. The van der Waals surface area contributed by atoms with Crippen molar-refractivity contribution < 1.29 is 9.18 Å². The van der Waals surface area contributed by atoms with Crippen LogP contribution in [0.15, 0.2) is 35.6 Å². The predicted molar refractivity (Wildman–Crippen MR) is 77.8 cm³/mol. The van der Waals surface area contributed by atoms with E-state index in [0.29, 0.717) is 10.8 Å². The fourth-order valence-electron chi connectivity index (χ4n) is 1.43. The Balaban J connectivity index is 2.19. The monoisotopic (exact) mass is 311 g/mol. The van der Waals surface area contributed by atoms with Crippen LogP contribution in [-0.2, 0) is 0 Å². The van der Waals surface area contributed by atoms with E-state index in [1.165, 1.54) is 42.2 Å². The minimum atomic E-state index is -0.457. The van der Waals surface area contributed by atoms with E-state index >= 15 is 0 Å². The fraction of sp³-hybridized carbons (Fsp3) is 0.154. The molecular weight excluding hydrogens is 301 g/mol. The molecule has 0 aliphatic carbocycles. The number of halogens is 2. The van der Waals surface area contributed by atoms with Gasteiger partial charge in [-0.1, -0.05) is 30.3 Å². The third-order valence-electron chi connectivity index (χ3n) is 2.31. The summed E-state index contributed by atoms with van der Waals surface area (Å²) in [6.45, 7) is 1.96. The van der Waals surface area contributed by atoms with Gasteiger partial charge in [-0.25, -0.2) is 14.4 Å². The highest BCUT2D eigenvalue weighted by atomic mass is 35.5. The molecule has 0 atom stereocenters. The SMILES string of the molecule is CCSc1ncc(Cl)c(C(=O)Nc2ccc(F)cc2)n1. The number of hydrogen-bond donors (Lipinski definition) is 1. The summed E-state index contributed by atoms with van der Waals surface area (Å²) < 4.78 is 12.8. The molecule has 0 saturated heterocycles. The molecule has 1 N–H and O–H groups in total. The molecule has 0 unspecified atom stereocenters. The maximum atomic E-state index is 12.8. The number of rotatable bonds is 4. The van der Waals surface area contributed by atoms with Crippen molar-refractivity contribution in [1.29, 1.82) is 0 Å². The zero-order valence-electron chi connectivity index (χ0n) is 10.6. The Labute approximate surface area is 124 Å². The number of aromatic nitrogens is 2. The summed E-state index contributed by atoms with van der Waals surface area (Å²) in [7, 11) is 0. The molecule has 0 saturated carbocycles. The van der Waals surface area contributed by atoms with E-state index in [4.69, 9.17) is 11.6 Å². The van der Waals surface area contributed by atoms with Gasteiger partial charge < -0.3 is 5.32 Å². The topological polar surface area (TPSA) is 54.9 Å². The maximum Gasteiger partial charge on any atom is 0.275 e. The Morgan fingerprint density at radius 2 is 2.10 bits per heavy atom. The first-order valence-corrected chi connectivity index (χ1v) is 7.18. The summed E-state index contributed by atoms with van der Waals surface area (Å²) >= 11 is 7.34. The van der Waals surface area contributed by atoms with Gasteiger partial charge in [-0.2, -0.15) is 0 Å². The highest BCUT2D eigenvalue weighted by Crippen LogP contribution is 2.19. The van der Waals surface area contributed by atoms with Crippen molar-refractivity contribution in [3.63, 3.8) is 0 Å². The van der Waals surface area contributed by atoms with Crippen molar-refractivity contribution in [3.8, 4) is 0 Å². The summed E-state index contributed by atoms with van der Waals surface area (Å²) in [5, 5.41) is 3.26. The number of nitrogens with one attached hydrogen (secondary N) is 1. The van der Waals surface area contributed by atoms with Gasteiger partial charge in [-0.05, 0) is 30.0 Å². The molecule has 0 fully saturated rings. The molecule has 1 aromatic heterocycles. The number of nitrogens with zero attached hydrogens (tertiary/aromatic N) is 2. The van der Waals surface area contributed by atoms with Crippen molar-refractivity contribution in [2.75, 3.05) is 11.1 Å². The minimum absolute atomic E-state index is 0.0990. The average molecular weight is 312 g/mol. The van der Waals surface area contributed by atoms with Crippen LogP contribution in [0.4, 0.5) is 10.1 Å². The first-order chi connectivity index (χ1) is 9.60. The lowest BCUT2D eigenvalue weighted by Crippen LogP contribution is -2.15. The Hall–Kier alpha value is -1.66. The van der Waals surface area contributed by atoms with Gasteiger partial charge in [0, 0.05) is 5.69 Å². The van der Waals surface area contributed by atoms with Crippen LogP contribution < -0.4 is 5.32 Å². The summed E-state index contributed by atoms with van der Waals surface area (Å²) in [6, 6.07) is 5.44. The van der Waals surface area contributed by atoms with Crippen LogP contribution in [0.2, 0.25) is 5.02 Å². The third-order valence-corrected chi connectivity index (χ3v) is 3.33. The molecule has 20 heavy (non-hydrogen) atoms. The molecule has 2 rings (SSSR count). The van der Waals surface area contributed by atoms with E-state index in [0.717, 1.165) is 5.75 Å². The van der Waals surface area contributed by atoms with Crippen LogP contribution in [0.5, 0.6) is 0 Å². The molecule has 1 heterocycles. The molecule has 0 aliphatic heterocycles. The van der Waals surface area contributed by atoms with E-state index in [1.54, 1.807) is 0 Å². The molecule has 0 spiro atoms. The summed E-state index contributed by atoms with van der Waals surface area (Å²) in [6.07, 6.45) is 1.39. The van der Waals surface area contributed by atoms with Crippen LogP contribution in [0.25, 0.3) is 0 Å². The molecule has 0 radical (unpaired) electrons. The quantitative estimate of drug-likeness (QED) is 0.692. The maximum absolute atomic E-state index is 12.8. The van der Waals surface area contributed by atoms with Crippen LogP contribution in [-0.4, -0.2) is 21.6 Å². The molecule has 104 valence electrons. The van der Waals surface area contributed by atoms with E-state index in [9.17, 15) is 9.18 Å². The molecule has 4 nitrogen and oxygen atoms in total. The number of carbonyl (C=O) groups excluding carboxylic acids is 1. The van der Waals surface area contributed by atoms with Crippen molar-refractivity contribution in [3.05, 3.63) is 47.0 Å². The van der Waals surface area contributed by atoms with Crippen molar-refractivity contribution in [1.82, 2.24) is 9.97 Å². The lowest BCUT2D eigenvalue weighted by molar-refractivity contribution is 0.102. The minimum Gasteiger partial charge on any atom is -0.321 e. The van der Waals surface area contributed by atoms with Crippen LogP contribution in [0.3, 0.4) is 0 Å². The smallest absolute Gasteiger partial charge is 0.275 e. The second-order valence-corrected chi connectivity index (χ2v) is 5.38. The van der Waals surface area contributed by atoms with Gasteiger partial charge in [0.05, 0.1) is 11.2 Å². The van der Waals surface area contributed by atoms with Crippen molar-refractivity contribution in [2.45, 2.75) is 12.1 Å². The van der Waals surface area contributed by atoms with Crippen LogP contribution in [0, 0.1) is 5.82 Å². The Morgan fingerprint density at radius 1 is 1.40 bits per heavy atom. The van der Waals surface area contributed by atoms with Crippen LogP contribution in [0.1, 0.15) is 17.4 Å². The highest BCUT2D eigenvalue weighted by Gasteiger charge is 2.14. The van der Waals surface area contributed by atoms with E-state index < -0.39 is 5.91 Å². The van der Waals surface area contributed by atoms with Gasteiger partial charge >= 0.3 is 0 Å². The zero-order valence-corrected chi connectivity index (χ0v) is 12.1. The Kier molecular flexibility index (Phi) is 4.92. The Bertz CT molecular complexity index is 622. The van der Waals surface area contributed by atoms with Gasteiger partial charge in [0.2, 0.25) is 0 Å². The first kappa shape index (κ1) is 14.7. The van der Waals surface area contributed by atoms with Crippen molar-refractivity contribution >= 4 is 35.0 Å². The molecule has 7 heteroatoms. The lowest BCUT2D eigenvalue weighted by atomic mass is 10.3. The largest absolute Gasteiger partial charge is 0.321 e. The number of anilines is 1. The van der Waals surface area contributed by atoms with E-state index in [2.05, 4.69) is 15.3 Å². The number of amides is 1. The van der Waals surface area contributed by atoms with Crippen molar-refractivity contribution in [2.24, 2.45) is 0 Å². The standard InChI is InChI=1S/C13H11ClFN3OS/c1-2-20-13-16-7-10(14)11(18-13)12(19)17-9-5-3-8(15)4-6-9/h3-7H,2H2,1H3,(H,17,19). The first-order valence-electron chi connectivity index (χ1n) is 5.82. The molecule has 2 aromatic rings. The van der Waals surface area contributed by atoms with Crippen LogP contribution >= 0.6 is 23.4 Å². The van der Waals surface area contributed by atoms with Gasteiger partial charge in [0.25, 0.3) is 5.91 Å². The van der Waals surface area contributed by atoms with Gasteiger partial charge in [0.1, 0.15) is 5.82 Å². The number of benzene rings is 1. The summed E-state index contributed by atoms with van der Waals surface area (Å²) in [5.74, 6) is -0.0349. The second kappa shape index (κ2) is 6.67. The van der Waals surface area contributed by atoms with E-state index in [-0.39, 0.29) is 16.5 Å². The second-order valence-electron chi connectivity index (χ2n) is 3.74. The molecule has 1 aromatic carbocycles. The fourth-order valence-corrected chi connectivity index (χ4v) is 2.15. The van der Waals surface area contributed by atoms with Gasteiger partial charge in [0.15, 0.2) is 10.9 Å². The molecule has 0 aliphatic rings. The van der Waals surface area contributed by atoms with Gasteiger partial charge in [-0.15, -0.1) is 0 Å². The highest BCUT2D eigenvalue weighted by molar-refractivity contribution is 7.99. The predicted octanol–water partition coefficient (Wildman–Crippen LogP) is 3.63. The Morgan fingerprint density at radius 3 is 2.75 bits per heavy atom. The third kappa shape index (κ3) is 3.68. The molecular formula is C13H11ClFN3OS. The lowest BCUT2D eigenvalue weighted by Gasteiger charge is -2.07. The number of hydrogen-bond acceptors (Lipinski definition) is 4. The zero-order chi connectivity index (χ0) is 14.5. The van der Waals surface area contributed by atoms with E-state index in [1.807, 2.05) is 6.92 Å². The summed E-state index contributed by atoms with van der Waals surface area (Å²) in [5.41, 5.74) is 0.567. The molecule has 1 amide bonds.